The maximum Gasteiger partial charge on any atom is 0.146 e. The van der Waals surface area contributed by atoms with Crippen LogP contribution < -0.4 is 4.90 Å². The second-order valence-electron chi connectivity index (χ2n) is 3.04. The van der Waals surface area contributed by atoms with Crippen molar-refractivity contribution in [1.29, 1.82) is 0 Å². The van der Waals surface area contributed by atoms with Crippen LogP contribution in [0.4, 0.5) is 5.82 Å². The zero-order chi connectivity index (χ0) is 8.55. The predicted molar refractivity (Wildman–Crippen MR) is 51.2 cm³/mol. The summed E-state index contributed by atoms with van der Waals surface area (Å²) in [4.78, 5) is 10.3. The molecule has 0 radical (unpaired) electrons. The Bertz CT molecular complexity index is 285. The molecule has 0 unspecified atom stereocenters. The molecular formula is C8H10BrN3. The van der Waals surface area contributed by atoms with Crippen LogP contribution in [-0.4, -0.2) is 23.1 Å². The second kappa shape index (κ2) is 3.01. The van der Waals surface area contributed by atoms with E-state index in [9.17, 15) is 0 Å². The molecule has 0 saturated heterocycles. The molecule has 2 rings (SSSR count). The van der Waals surface area contributed by atoms with Gasteiger partial charge in [-0.15, -0.1) is 0 Å². The molecule has 0 N–H and O–H groups in total. The molecule has 64 valence electrons. The molecule has 1 aromatic rings. The highest BCUT2D eigenvalue weighted by Crippen LogP contribution is 2.32. The van der Waals surface area contributed by atoms with E-state index in [4.69, 9.17) is 0 Å². The highest BCUT2D eigenvalue weighted by atomic mass is 79.9. The van der Waals surface area contributed by atoms with Crippen molar-refractivity contribution in [3.63, 3.8) is 0 Å². The Morgan fingerprint density at radius 3 is 2.92 bits per heavy atom. The van der Waals surface area contributed by atoms with E-state index in [0.717, 1.165) is 10.3 Å². The number of nitrogens with zero attached hydrogens (tertiary/aromatic N) is 3. The van der Waals surface area contributed by atoms with Crippen LogP contribution in [0.2, 0.25) is 0 Å². The summed E-state index contributed by atoms with van der Waals surface area (Å²) in [6, 6.07) is 0.691. The van der Waals surface area contributed by atoms with Crippen LogP contribution in [0.5, 0.6) is 0 Å². The van der Waals surface area contributed by atoms with Crippen molar-refractivity contribution in [1.82, 2.24) is 9.97 Å². The zero-order valence-electron chi connectivity index (χ0n) is 6.87. The summed E-state index contributed by atoms with van der Waals surface area (Å²) in [7, 11) is 2.07. The summed E-state index contributed by atoms with van der Waals surface area (Å²) < 4.78 is 0.972. The summed E-state index contributed by atoms with van der Waals surface area (Å²) in [6.07, 6.45) is 5.93. The van der Waals surface area contributed by atoms with Gasteiger partial charge in [0, 0.05) is 19.3 Å². The molecule has 3 nitrogen and oxygen atoms in total. The Morgan fingerprint density at radius 1 is 1.58 bits per heavy atom. The van der Waals surface area contributed by atoms with Crippen molar-refractivity contribution in [3.05, 3.63) is 17.0 Å². The monoisotopic (exact) mass is 227 g/mol. The van der Waals surface area contributed by atoms with E-state index < -0.39 is 0 Å². The van der Waals surface area contributed by atoms with Crippen LogP contribution in [0.1, 0.15) is 12.8 Å². The first-order valence-corrected chi connectivity index (χ1v) is 4.76. The van der Waals surface area contributed by atoms with Crippen molar-refractivity contribution < 1.29 is 0 Å². The van der Waals surface area contributed by atoms with Gasteiger partial charge < -0.3 is 4.90 Å². The van der Waals surface area contributed by atoms with Crippen LogP contribution in [0, 0.1) is 0 Å². The first-order chi connectivity index (χ1) is 5.79. The minimum atomic E-state index is 0.691. The maximum absolute atomic E-state index is 4.21. The third-order valence-electron chi connectivity index (χ3n) is 2.08. The predicted octanol–water partition coefficient (Wildman–Crippen LogP) is 1.84. The molecule has 0 bridgehead atoms. The topological polar surface area (TPSA) is 29.0 Å². The van der Waals surface area contributed by atoms with Crippen molar-refractivity contribution in [2.24, 2.45) is 0 Å². The van der Waals surface area contributed by atoms with Crippen LogP contribution in [0.3, 0.4) is 0 Å². The van der Waals surface area contributed by atoms with Gasteiger partial charge in [0.15, 0.2) is 0 Å². The average Bonchev–Trinajstić information content (AvgIpc) is 2.86. The number of halogens is 1. The Labute approximate surface area is 80.0 Å². The third kappa shape index (κ3) is 1.43. The summed E-state index contributed by atoms with van der Waals surface area (Å²) in [5, 5.41) is 0. The molecule has 1 aliphatic rings. The van der Waals surface area contributed by atoms with Gasteiger partial charge in [-0.05, 0) is 28.8 Å². The lowest BCUT2D eigenvalue weighted by molar-refractivity contribution is 0.880. The fraction of sp³-hybridized carbons (Fsp3) is 0.500. The van der Waals surface area contributed by atoms with E-state index in [0.29, 0.717) is 6.04 Å². The van der Waals surface area contributed by atoms with Gasteiger partial charge in [0.05, 0.1) is 4.47 Å². The molecule has 4 heteroatoms. The minimum Gasteiger partial charge on any atom is -0.356 e. The van der Waals surface area contributed by atoms with E-state index in [-0.39, 0.29) is 0 Å². The molecule has 1 heterocycles. The Hall–Kier alpha value is -0.640. The lowest BCUT2D eigenvalue weighted by Gasteiger charge is -2.17. The first-order valence-electron chi connectivity index (χ1n) is 3.97. The highest BCUT2D eigenvalue weighted by molar-refractivity contribution is 9.10. The van der Waals surface area contributed by atoms with Gasteiger partial charge in [-0.1, -0.05) is 0 Å². The lowest BCUT2D eigenvalue weighted by Crippen LogP contribution is -2.21. The van der Waals surface area contributed by atoms with Gasteiger partial charge in [0.25, 0.3) is 0 Å². The van der Waals surface area contributed by atoms with Crippen molar-refractivity contribution in [3.8, 4) is 0 Å². The summed E-state index contributed by atoms with van der Waals surface area (Å²) in [5.74, 6) is 0.993. The molecule has 1 aromatic heterocycles. The molecule has 1 saturated carbocycles. The zero-order valence-corrected chi connectivity index (χ0v) is 8.45. The van der Waals surface area contributed by atoms with Crippen LogP contribution >= 0.6 is 15.9 Å². The standard InChI is InChI=1S/C8H10BrN3/c1-12(6-2-3-6)8-7(9)4-10-5-11-8/h4-6H,2-3H2,1H3. The molecule has 0 spiro atoms. The van der Waals surface area contributed by atoms with Crippen LogP contribution in [0.25, 0.3) is 0 Å². The van der Waals surface area contributed by atoms with Crippen molar-refractivity contribution >= 4 is 21.7 Å². The quantitative estimate of drug-likeness (QED) is 0.773. The molecule has 1 fully saturated rings. The van der Waals surface area contributed by atoms with Gasteiger partial charge in [-0.25, -0.2) is 9.97 Å². The number of rotatable bonds is 2. The van der Waals surface area contributed by atoms with Gasteiger partial charge in [0.1, 0.15) is 12.1 Å². The fourth-order valence-electron chi connectivity index (χ4n) is 1.20. The molecule has 0 aliphatic heterocycles. The summed E-state index contributed by atoms with van der Waals surface area (Å²) >= 11 is 3.43. The van der Waals surface area contributed by atoms with Gasteiger partial charge >= 0.3 is 0 Å². The molecule has 0 aromatic carbocycles. The normalized spacial score (nSPS) is 16.2. The van der Waals surface area contributed by atoms with E-state index in [1.165, 1.54) is 12.8 Å². The minimum absolute atomic E-state index is 0.691. The van der Waals surface area contributed by atoms with E-state index >= 15 is 0 Å². The molecule has 0 amide bonds. The second-order valence-corrected chi connectivity index (χ2v) is 3.89. The Kier molecular flexibility index (Phi) is 2.00. The first kappa shape index (κ1) is 7.98. The lowest BCUT2D eigenvalue weighted by atomic mass is 10.5. The fourth-order valence-corrected chi connectivity index (χ4v) is 1.70. The SMILES string of the molecule is CN(c1ncncc1Br)C1CC1. The molecular weight excluding hydrogens is 218 g/mol. The highest BCUT2D eigenvalue weighted by Gasteiger charge is 2.27. The Morgan fingerprint density at radius 2 is 2.33 bits per heavy atom. The van der Waals surface area contributed by atoms with Gasteiger partial charge in [-0.3, -0.25) is 0 Å². The van der Waals surface area contributed by atoms with E-state index in [1.807, 2.05) is 0 Å². The maximum atomic E-state index is 4.21. The largest absolute Gasteiger partial charge is 0.356 e. The molecule has 12 heavy (non-hydrogen) atoms. The van der Waals surface area contributed by atoms with Gasteiger partial charge in [0.2, 0.25) is 0 Å². The number of hydrogen-bond donors (Lipinski definition) is 0. The molecule has 1 aliphatic carbocycles. The van der Waals surface area contributed by atoms with E-state index in [2.05, 4.69) is 37.8 Å². The third-order valence-corrected chi connectivity index (χ3v) is 2.64. The average molecular weight is 228 g/mol. The smallest absolute Gasteiger partial charge is 0.146 e. The summed E-state index contributed by atoms with van der Waals surface area (Å²) in [6.45, 7) is 0. The van der Waals surface area contributed by atoms with Crippen molar-refractivity contribution in [2.75, 3.05) is 11.9 Å². The van der Waals surface area contributed by atoms with Crippen molar-refractivity contribution in [2.45, 2.75) is 18.9 Å². The number of aromatic nitrogens is 2. The van der Waals surface area contributed by atoms with Gasteiger partial charge in [-0.2, -0.15) is 0 Å². The summed E-state index contributed by atoms with van der Waals surface area (Å²) in [5.41, 5.74) is 0. The van der Waals surface area contributed by atoms with E-state index in [1.54, 1.807) is 12.5 Å². The Balaban J connectivity index is 2.25. The number of hydrogen-bond acceptors (Lipinski definition) is 3. The van der Waals surface area contributed by atoms with Crippen LogP contribution in [0.15, 0.2) is 17.0 Å². The number of anilines is 1. The van der Waals surface area contributed by atoms with Crippen LogP contribution in [-0.2, 0) is 0 Å². The molecule has 0 atom stereocenters.